The van der Waals surface area contributed by atoms with Crippen molar-refractivity contribution in [2.45, 2.75) is 18.7 Å². The van der Waals surface area contributed by atoms with Crippen LogP contribution < -0.4 is 9.47 Å². The molecule has 3 aromatic carbocycles. The Balaban J connectivity index is 1.57. The Bertz CT molecular complexity index is 1080. The average molecular weight is 514 g/mol. The minimum absolute atomic E-state index is 0.127. The van der Waals surface area contributed by atoms with Crippen LogP contribution in [0.15, 0.2) is 80.8 Å². The SMILES string of the molecule is COc1ccc(C2=NN3[C@@H](c4ccc(Br)cc4)Oc4ccc(Br)cc4[C@@H]3C2)cc1. The Hall–Kier alpha value is -2.31. The largest absolute Gasteiger partial charge is 0.497 e. The van der Waals surface area contributed by atoms with E-state index in [0.717, 1.165) is 49.3 Å². The third-order valence-electron chi connectivity index (χ3n) is 5.33. The topological polar surface area (TPSA) is 34.1 Å². The van der Waals surface area contributed by atoms with Crippen molar-refractivity contribution in [3.63, 3.8) is 0 Å². The van der Waals surface area contributed by atoms with Crippen LogP contribution in [0.25, 0.3) is 0 Å². The van der Waals surface area contributed by atoms with Crippen molar-refractivity contribution in [2.75, 3.05) is 7.11 Å². The molecule has 4 nitrogen and oxygen atoms in total. The van der Waals surface area contributed by atoms with Gasteiger partial charge >= 0.3 is 0 Å². The molecule has 0 saturated heterocycles. The number of ether oxygens (including phenoxy) is 2. The second-order valence-corrected chi connectivity index (χ2v) is 8.91. The summed E-state index contributed by atoms with van der Waals surface area (Å²) in [6.07, 6.45) is 0.559. The molecule has 0 unspecified atom stereocenters. The van der Waals surface area contributed by atoms with E-state index in [1.165, 1.54) is 0 Å². The maximum Gasteiger partial charge on any atom is 0.213 e. The fraction of sp³-hybridized carbons (Fsp3) is 0.174. The number of hydrogen-bond donors (Lipinski definition) is 0. The van der Waals surface area contributed by atoms with Gasteiger partial charge in [0.15, 0.2) is 0 Å². The molecule has 0 N–H and O–H groups in total. The van der Waals surface area contributed by atoms with E-state index in [2.05, 4.69) is 67.2 Å². The number of benzene rings is 3. The highest BCUT2D eigenvalue weighted by molar-refractivity contribution is 9.10. The molecule has 2 aliphatic rings. The van der Waals surface area contributed by atoms with Gasteiger partial charge in [0.05, 0.1) is 18.9 Å². The second-order valence-electron chi connectivity index (χ2n) is 7.08. The quantitative estimate of drug-likeness (QED) is 0.403. The lowest BCUT2D eigenvalue weighted by Gasteiger charge is -2.38. The standard InChI is InChI=1S/C23H18Br2N2O2/c1-28-18-9-4-14(5-10-18)20-13-21-19-12-17(25)8-11-22(19)29-23(27(21)26-20)15-2-6-16(24)7-3-15/h2-12,21,23H,13H2,1H3/t21-,23+/m0/s1. The number of hydrazone groups is 1. The molecule has 2 atom stereocenters. The van der Waals surface area contributed by atoms with E-state index in [1.807, 2.05) is 36.4 Å². The lowest BCUT2D eigenvalue weighted by atomic mass is 9.96. The van der Waals surface area contributed by atoms with Gasteiger partial charge in [-0.15, -0.1) is 0 Å². The summed E-state index contributed by atoms with van der Waals surface area (Å²) in [5.41, 5.74) is 4.38. The van der Waals surface area contributed by atoms with E-state index in [0.29, 0.717) is 0 Å². The van der Waals surface area contributed by atoms with Crippen LogP contribution in [-0.4, -0.2) is 17.8 Å². The number of rotatable bonds is 3. The summed E-state index contributed by atoms with van der Waals surface area (Å²) in [6, 6.07) is 22.6. The van der Waals surface area contributed by atoms with Crippen LogP contribution in [0.1, 0.15) is 35.4 Å². The van der Waals surface area contributed by atoms with Gasteiger partial charge in [0.2, 0.25) is 6.23 Å². The molecule has 29 heavy (non-hydrogen) atoms. The van der Waals surface area contributed by atoms with E-state index < -0.39 is 0 Å². The monoisotopic (exact) mass is 512 g/mol. The van der Waals surface area contributed by atoms with Crippen LogP contribution in [0.3, 0.4) is 0 Å². The van der Waals surface area contributed by atoms with Gasteiger partial charge in [-0.25, -0.2) is 5.01 Å². The molecule has 0 bridgehead atoms. The lowest BCUT2D eigenvalue weighted by Crippen LogP contribution is -2.33. The van der Waals surface area contributed by atoms with Crippen LogP contribution in [-0.2, 0) is 0 Å². The zero-order valence-electron chi connectivity index (χ0n) is 15.7. The third kappa shape index (κ3) is 3.45. The second kappa shape index (κ2) is 7.50. The fourth-order valence-electron chi connectivity index (χ4n) is 3.86. The normalized spacial score (nSPS) is 19.8. The summed E-state index contributed by atoms with van der Waals surface area (Å²) < 4.78 is 13.8. The molecular weight excluding hydrogens is 496 g/mol. The van der Waals surface area contributed by atoms with E-state index in [-0.39, 0.29) is 12.3 Å². The summed E-state index contributed by atoms with van der Waals surface area (Å²) in [5, 5.41) is 7.10. The van der Waals surface area contributed by atoms with E-state index >= 15 is 0 Å². The average Bonchev–Trinajstić information content (AvgIpc) is 3.20. The van der Waals surface area contributed by atoms with E-state index in [1.54, 1.807) is 7.11 Å². The van der Waals surface area contributed by atoms with Crippen molar-refractivity contribution in [3.8, 4) is 11.5 Å². The highest BCUT2D eigenvalue weighted by atomic mass is 79.9. The van der Waals surface area contributed by atoms with Gasteiger partial charge in [-0.1, -0.05) is 44.0 Å². The molecule has 0 spiro atoms. The van der Waals surface area contributed by atoms with Crippen molar-refractivity contribution in [1.29, 1.82) is 0 Å². The van der Waals surface area contributed by atoms with Crippen molar-refractivity contribution in [2.24, 2.45) is 5.10 Å². The summed E-state index contributed by atoms with van der Waals surface area (Å²) in [6.45, 7) is 0. The minimum atomic E-state index is -0.266. The molecule has 146 valence electrons. The van der Waals surface area contributed by atoms with Crippen LogP contribution in [0.2, 0.25) is 0 Å². The predicted molar refractivity (Wildman–Crippen MR) is 120 cm³/mol. The number of hydrogen-bond acceptors (Lipinski definition) is 4. The molecule has 0 aromatic heterocycles. The van der Waals surface area contributed by atoms with Gasteiger partial charge in [-0.2, -0.15) is 5.10 Å². The molecule has 0 saturated carbocycles. The molecule has 3 aromatic rings. The number of nitrogens with zero attached hydrogens (tertiary/aromatic N) is 2. The summed E-state index contributed by atoms with van der Waals surface area (Å²) in [4.78, 5) is 0. The molecule has 6 heteroatoms. The predicted octanol–water partition coefficient (Wildman–Crippen LogP) is 6.46. The minimum Gasteiger partial charge on any atom is -0.497 e. The third-order valence-corrected chi connectivity index (χ3v) is 6.35. The number of halogens is 2. The number of fused-ring (bicyclic) bond motifs is 3. The van der Waals surface area contributed by atoms with Gasteiger partial charge in [0.25, 0.3) is 0 Å². The van der Waals surface area contributed by atoms with Gasteiger partial charge in [-0.05, 0) is 60.2 Å². The zero-order valence-corrected chi connectivity index (χ0v) is 18.9. The summed E-state index contributed by atoms with van der Waals surface area (Å²) >= 11 is 7.11. The van der Waals surface area contributed by atoms with Crippen molar-refractivity contribution in [3.05, 3.63) is 92.4 Å². The first-order chi connectivity index (χ1) is 14.1. The van der Waals surface area contributed by atoms with Crippen LogP contribution in [0.5, 0.6) is 11.5 Å². The Labute approximate surface area is 186 Å². The summed E-state index contributed by atoms with van der Waals surface area (Å²) in [5.74, 6) is 1.75. The highest BCUT2D eigenvalue weighted by Crippen LogP contribution is 2.48. The van der Waals surface area contributed by atoms with Crippen molar-refractivity contribution < 1.29 is 9.47 Å². The number of methoxy groups -OCH3 is 1. The van der Waals surface area contributed by atoms with Crippen LogP contribution >= 0.6 is 31.9 Å². The summed E-state index contributed by atoms with van der Waals surface area (Å²) in [7, 11) is 1.68. The first-order valence-corrected chi connectivity index (χ1v) is 10.9. The van der Waals surface area contributed by atoms with E-state index in [9.17, 15) is 0 Å². The molecule has 0 radical (unpaired) electrons. The first kappa shape index (κ1) is 18.7. The van der Waals surface area contributed by atoms with Crippen LogP contribution in [0.4, 0.5) is 0 Å². The molecule has 0 amide bonds. The van der Waals surface area contributed by atoms with Gasteiger partial charge < -0.3 is 9.47 Å². The Kier molecular flexibility index (Phi) is 4.84. The van der Waals surface area contributed by atoms with Gasteiger partial charge in [-0.3, -0.25) is 0 Å². The highest BCUT2D eigenvalue weighted by Gasteiger charge is 2.41. The maximum atomic E-state index is 6.41. The molecule has 2 aliphatic heterocycles. The van der Waals surface area contributed by atoms with Gasteiger partial charge in [0, 0.05) is 26.5 Å². The first-order valence-electron chi connectivity index (χ1n) is 9.34. The maximum absolute atomic E-state index is 6.41. The van der Waals surface area contributed by atoms with E-state index in [4.69, 9.17) is 14.6 Å². The molecule has 0 fully saturated rings. The van der Waals surface area contributed by atoms with Crippen LogP contribution in [0, 0.1) is 0 Å². The fourth-order valence-corrected chi connectivity index (χ4v) is 4.51. The van der Waals surface area contributed by atoms with Crippen molar-refractivity contribution in [1.82, 2.24) is 5.01 Å². The Morgan fingerprint density at radius 2 is 1.69 bits per heavy atom. The Morgan fingerprint density at radius 1 is 0.966 bits per heavy atom. The molecule has 5 rings (SSSR count). The Morgan fingerprint density at radius 3 is 2.41 bits per heavy atom. The molecule has 2 heterocycles. The zero-order chi connectivity index (χ0) is 20.0. The smallest absolute Gasteiger partial charge is 0.213 e. The lowest BCUT2D eigenvalue weighted by molar-refractivity contribution is -0.0190. The van der Waals surface area contributed by atoms with Gasteiger partial charge in [0.1, 0.15) is 11.5 Å². The van der Waals surface area contributed by atoms with Crippen molar-refractivity contribution >= 4 is 37.6 Å². The molecular formula is C23H18Br2N2O2. The molecule has 0 aliphatic carbocycles.